The number of anilines is 1. The van der Waals surface area contributed by atoms with Crippen molar-refractivity contribution in [1.29, 1.82) is 0 Å². The number of benzene rings is 2. The largest absolute Gasteiger partial charge is 0.481 e. The molecule has 210 valence electrons. The molecule has 3 aromatic rings. The fraction of sp³-hybridized carbons (Fsp3) is 0.355. The highest BCUT2D eigenvalue weighted by Gasteiger charge is 2.27. The fourth-order valence-corrected chi connectivity index (χ4v) is 5.69. The number of ether oxygens (including phenoxy) is 2. The molecular formula is C31H35N3O5S. The predicted molar refractivity (Wildman–Crippen MR) is 158 cm³/mol. The van der Waals surface area contributed by atoms with Crippen LogP contribution in [0.2, 0.25) is 0 Å². The van der Waals surface area contributed by atoms with Gasteiger partial charge < -0.3 is 14.8 Å². The molecule has 2 amide bonds. The van der Waals surface area contributed by atoms with E-state index < -0.39 is 18.0 Å². The lowest BCUT2D eigenvalue weighted by Crippen LogP contribution is -2.33. The molecule has 1 unspecified atom stereocenters. The minimum absolute atomic E-state index is 0.271. The molecule has 8 nitrogen and oxygen atoms in total. The standard InChI is InChI=1S/C31H35N3O5S/c1-5-38-31(37)27-25-8-6-7-9-26(25)40-30(27)33-29(36)23-14-16-24(17-15-23)39-20(4)28(35)34-32-18-21-10-12-22(13-11-21)19(2)3/h10-20H,5-9H2,1-4H3,(H,33,36)(H,34,35). The number of hydrazone groups is 1. The van der Waals surface area contributed by atoms with Crippen LogP contribution in [0, 0.1) is 0 Å². The number of carbonyl (C=O) groups excluding carboxylic acids is 3. The second-order valence-corrected chi connectivity index (χ2v) is 11.0. The summed E-state index contributed by atoms with van der Waals surface area (Å²) in [6.45, 7) is 7.92. The van der Waals surface area contributed by atoms with Crippen LogP contribution in [-0.4, -0.2) is 36.7 Å². The van der Waals surface area contributed by atoms with Crippen LogP contribution in [0.25, 0.3) is 0 Å². The highest BCUT2D eigenvalue weighted by atomic mass is 32.1. The monoisotopic (exact) mass is 561 g/mol. The van der Waals surface area contributed by atoms with Crippen molar-refractivity contribution in [3.05, 3.63) is 81.2 Å². The van der Waals surface area contributed by atoms with Crippen LogP contribution in [0.3, 0.4) is 0 Å². The van der Waals surface area contributed by atoms with Gasteiger partial charge in [0.05, 0.1) is 18.4 Å². The number of esters is 1. The molecule has 0 saturated carbocycles. The van der Waals surface area contributed by atoms with Crippen LogP contribution in [0.1, 0.15) is 88.7 Å². The van der Waals surface area contributed by atoms with E-state index in [2.05, 4.69) is 29.7 Å². The second kappa shape index (κ2) is 13.4. The van der Waals surface area contributed by atoms with E-state index in [1.807, 2.05) is 24.3 Å². The fourth-order valence-electron chi connectivity index (χ4n) is 4.42. The van der Waals surface area contributed by atoms with Gasteiger partial charge in [-0.1, -0.05) is 38.1 Å². The molecule has 1 aliphatic rings. The van der Waals surface area contributed by atoms with Crippen LogP contribution >= 0.6 is 11.3 Å². The molecule has 0 fully saturated rings. The Morgan fingerprint density at radius 3 is 2.38 bits per heavy atom. The van der Waals surface area contributed by atoms with Gasteiger partial charge in [0.1, 0.15) is 10.8 Å². The molecule has 2 aromatic carbocycles. The van der Waals surface area contributed by atoms with Crippen molar-refractivity contribution in [2.24, 2.45) is 5.10 Å². The quantitative estimate of drug-likeness (QED) is 0.177. The maximum absolute atomic E-state index is 13.0. The minimum Gasteiger partial charge on any atom is -0.481 e. The first kappa shape index (κ1) is 29.0. The van der Waals surface area contributed by atoms with Crippen molar-refractivity contribution >= 4 is 40.3 Å². The molecule has 2 N–H and O–H groups in total. The summed E-state index contributed by atoms with van der Waals surface area (Å²) in [6.07, 6.45) is 4.57. The lowest BCUT2D eigenvalue weighted by molar-refractivity contribution is -0.127. The van der Waals surface area contributed by atoms with Crippen molar-refractivity contribution in [3.63, 3.8) is 0 Å². The Morgan fingerprint density at radius 2 is 1.70 bits per heavy atom. The molecule has 0 radical (unpaired) electrons. The predicted octanol–water partition coefficient (Wildman–Crippen LogP) is 6.10. The highest BCUT2D eigenvalue weighted by molar-refractivity contribution is 7.17. The zero-order valence-corrected chi connectivity index (χ0v) is 24.1. The number of aryl methyl sites for hydroxylation is 1. The van der Waals surface area contributed by atoms with Gasteiger partial charge in [-0.05, 0) is 86.4 Å². The molecule has 1 aliphatic carbocycles. The average Bonchev–Trinajstić information content (AvgIpc) is 3.31. The van der Waals surface area contributed by atoms with Gasteiger partial charge in [-0.2, -0.15) is 5.10 Å². The van der Waals surface area contributed by atoms with Crippen molar-refractivity contribution in [2.45, 2.75) is 65.4 Å². The Labute approximate surface area is 238 Å². The summed E-state index contributed by atoms with van der Waals surface area (Å²) >= 11 is 1.45. The van der Waals surface area contributed by atoms with E-state index in [0.717, 1.165) is 41.7 Å². The van der Waals surface area contributed by atoms with Gasteiger partial charge in [0.15, 0.2) is 6.10 Å². The van der Waals surface area contributed by atoms with Crippen molar-refractivity contribution in [3.8, 4) is 5.75 Å². The van der Waals surface area contributed by atoms with E-state index in [1.54, 1.807) is 44.3 Å². The molecular weight excluding hydrogens is 526 g/mol. The van der Waals surface area contributed by atoms with Crippen LogP contribution in [0.4, 0.5) is 5.00 Å². The maximum Gasteiger partial charge on any atom is 0.341 e. The van der Waals surface area contributed by atoms with Crippen LogP contribution in [0.15, 0.2) is 53.6 Å². The van der Waals surface area contributed by atoms with Gasteiger partial charge in [-0.25, -0.2) is 10.2 Å². The van der Waals surface area contributed by atoms with Gasteiger partial charge in [0.2, 0.25) is 0 Å². The first-order valence-electron chi connectivity index (χ1n) is 13.6. The molecule has 1 atom stereocenters. The maximum atomic E-state index is 13.0. The normalized spacial score (nSPS) is 13.5. The number of nitrogens with zero attached hydrogens (tertiary/aromatic N) is 1. The Hall–Kier alpha value is -3.98. The third-order valence-electron chi connectivity index (χ3n) is 6.67. The van der Waals surface area contributed by atoms with E-state index in [9.17, 15) is 14.4 Å². The average molecular weight is 562 g/mol. The number of fused-ring (bicyclic) bond motifs is 1. The molecule has 0 saturated heterocycles. The SMILES string of the molecule is CCOC(=O)c1c(NC(=O)c2ccc(OC(C)C(=O)NN=Cc3ccc(C(C)C)cc3)cc2)sc2c1CCCC2. The molecule has 4 rings (SSSR count). The van der Waals surface area contributed by atoms with Gasteiger partial charge >= 0.3 is 5.97 Å². The van der Waals surface area contributed by atoms with E-state index in [1.165, 1.54) is 16.9 Å². The molecule has 40 heavy (non-hydrogen) atoms. The summed E-state index contributed by atoms with van der Waals surface area (Å²) in [7, 11) is 0. The third-order valence-corrected chi connectivity index (χ3v) is 7.88. The van der Waals surface area contributed by atoms with Crippen LogP contribution < -0.4 is 15.5 Å². The van der Waals surface area contributed by atoms with Crippen LogP contribution in [-0.2, 0) is 22.4 Å². The Morgan fingerprint density at radius 1 is 1.00 bits per heavy atom. The molecule has 1 heterocycles. The summed E-state index contributed by atoms with van der Waals surface area (Å²) in [5, 5.41) is 7.45. The topological polar surface area (TPSA) is 106 Å². The first-order chi connectivity index (χ1) is 19.3. The number of rotatable bonds is 10. The Bertz CT molecular complexity index is 1380. The van der Waals surface area contributed by atoms with Crippen molar-refractivity contribution < 1.29 is 23.9 Å². The molecule has 9 heteroatoms. The van der Waals surface area contributed by atoms with Gasteiger partial charge in [0, 0.05) is 10.4 Å². The Balaban J connectivity index is 1.34. The zero-order valence-electron chi connectivity index (χ0n) is 23.3. The third kappa shape index (κ3) is 7.15. The number of nitrogens with one attached hydrogen (secondary N) is 2. The molecule has 0 aliphatic heterocycles. The van der Waals surface area contributed by atoms with Crippen LogP contribution in [0.5, 0.6) is 5.75 Å². The summed E-state index contributed by atoms with van der Waals surface area (Å²) in [4.78, 5) is 39.2. The second-order valence-electron chi connectivity index (χ2n) is 9.93. The molecule has 0 spiro atoms. The Kier molecular flexibility index (Phi) is 9.71. The van der Waals surface area contributed by atoms with Crippen molar-refractivity contribution in [1.82, 2.24) is 5.43 Å². The summed E-state index contributed by atoms with van der Waals surface area (Å²) < 4.78 is 11.0. The van der Waals surface area contributed by atoms with Crippen molar-refractivity contribution in [2.75, 3.05) is 11.9 Å². The summed E-state index contributed by atoms with van der Waals surface area (Å²) in [5.41, 5.74) is 6.48. The van der Waals surface area contributed by atoms with E-state index >= 15 is 0 Å². The number of thiophene rings is 1. The van der Waals surface area contributed by atoms with E-state index in [0.29, 0.717) is 27.8 Å². The van der Waals surface area contributed by atoms with E-state index in [-0.39, 0.29) is 12.5 Å². The number of hydrogen-bond donors (Lipinski definition) is 2. The van der Waals surface area contributed by atoms with Gasteiger partial charge in [-0.3, -0.25) is 9.59 Å². The van der Waals surface area contributed by atoms with Gasteiger partial charge in [-0.15, -0.1) is 11.3 Å². The zero-order chi connectivity index (χ0) is 28.6. The van der Waals surface area contributed by atoms with E-state index in [4.69, 9.17) is 9.47 Å². The molecule has 1 aromatic heterocycles. The number of carbonyl (C=O) groups is 3. The highest BCUT2D eigenvalue weighted by Crippen LogP contribution is 2.38. The van der Waals surface area contributed by atoms with Gasteiger partial charge in [0.25, 0.3) is 11.8 Å². The molecule has 0 bridgehead atoms. The summed E-state index contributed by atoms with van der Waals surface area (Å²) in [6, 6.07) is 14.5. The number of hydrogen-bond acceptors (Lipinski definition) is 7. The smallest absolute Gasteiger partial charge is 0.341 e. The lowest BCUT2D eigenvalue weighted by Gasteiger charge is -2.13. The summed E-state index contributed by atoms with van der Waals surface area (Å²) in [5.74, 6) is -0.252. The minimum atomic E-state index is -0.801. The number of amides is 2. The first-order valence-corrected chi connectivity index (χ1v) is 14.4. The lowest BCUT2D eigenvalue weighted by atomic mass is 9.95.